The third kappa shape index (κ3) is 2.42. The zero-order valence-corrected chi connectivity index (χ0v) is 14.8. The predicted molar refractivity (Wildman–Crippen MR) is 97.5 cm³/mol. The van der Waals surface area contributed by atoms with E-state index in [9.17, 15) is 14.4 Å². The van der Waals surface area contributed by atoms with Crippen molar-refractivity contribution in [3.63, 3.8) is 0 Å². The van der Waals surface area contributed by atoms with Crippen LogP contribution in [0.3, 0.4) is 0 Å². The zero-order chi connectivity index (χ0) is 17.7. The largest absolute Gasteiger partial charge is 0.371 e. The third-order valence-corrected chi connectivity index (χ3v) is 4.97. The molecule has 4 rings (SSSR count). The van der Waals surface area contributed by atoms with Crippen LogP contribution in [-0.4, -0.2) is 23.8 Å². The molecule has 2 atom stereocenters. The van der Waals surface area contributed by atoms with Crippen LogP contribution in [0, 0.1) is 0 Å². The normalized spacial score (nSPS) is 21.3. The Morgan fingerprint density at radius 1 is 1.12 bits per heavy atom. The van der Waals surface area contributed by atoms with Gasteiger partial charge < -0.3 is 10.6 Å². The number of para-hydroxylation sites is 2. The van der Waals surface area contributed by atoms with E-state index in [2.05, 4.69) is 26.6 Å². The molecule has 2 N–H and O–H groups in total. The van der Waals surface area contributed by atoms with E-state index in [-0.39, 0.29) is 11.8 Å². The number of anilines is 3. The number of imide groups is 1. The standard InChI is InChI=1S/C18H14BrN3O3/c1-9(23)22-14-7-6-10(19)8-11(14)15(18(22)25)16-17(24)21-13-5-3-2-4-12(13)20-16/h2-8,15-16,20H,1H3,(H,21,24). The summed E-state index contributed by atoms with van der Waals surface area (Å²) in [4.78, 5) is 38.7. The number of nitrogens with zero attached hydrogens (tertiary/aromatic N) is 1. The molecule has 0 fully saturated rings. The molecule has 0 aliphatic carbocycles. The highest BCUT2D eigenvalue weighted by Gasteiger charge is 2.47. The number of halogens is 1. The number of amides is 3. The van der Waals surface area contributed by atoms with Crippen LogP contribution in [0.4, 0.5) is 17.1 Å². The lowest BCUT2D eigenvalue weighted by Gasteiger charge is -2.30. The number of carbonyl (C=O) groups excluding carboxylic acids is 3. The van der Waals surface area contributed by atoms with Crippen LogP contribution in [0.25, 0.3) is 0 Å². The molecule has 2 aliphatic heterocycles. The number of benzene rings is 2. The SMILES string of the molecule is CC(=O)N1C(=O)C(C2Nc3ccccc3NC2=O)c2cc(Br)ccc21. The lowest BCUT2D eigenvalue weighted by molar-refractivity contribution is -0.128. The third-order valence-electron chi connectivity index (χ3n) is 4.48. The Morgan fingerprint density at radius 3 is 2.56 bits per heavy atom. The summed E-state index contributed by atoms with van der Waals surface area (Å²) in [6, 6.07) is 11.8. The van der Waals surface area contributed by atoms with Crippen LogP contribution < -0.4 is 15.5 Å². The highest BCUT2D eigenvalue weighted by atomic mass is 79.9. The van der Waals surface area contributed by atoms with Gasteiger partial charge in [-0.3, -0.25) is 14.4 Å². The molecule has 2 aromatic carbocycles. The summed E-state index contributed by atoms with van der Waals surface area (Å²) in [6.45, 7) is 1.34. The monoisotopic (exact) mass is 399 g/mol. The molecule has 0 radical (unpaired) electrons. The van der Waals surface area contributed by atoms with Gasteiger partial charge in [0.15, 0.2) is 0 Å². The topological polar surface area (TPSA) is 78.5 Å². The molecule has 0 bridgehead atoms. The van der Waals surface area contributed by atoms with Gasteiger partial charge in [-0.15, -0.1) is 0 Å². The van der Waals surface area contributed by atoms with Crippen molar-refractivity contribution in [2.24, 2.45) is 0 Å². The van der Waals surface area contributed by atoms with Crippen molar-refractivity contribution < 1.29 is 14.4 Å². The van der Waals surface area contributed by atoms with E-state index in [1.165, 1.54) is 6.92 Å². The minimum Gasteiger partial charge on any atom is -0.371 e. The Kier molecular flexibility index (Phi) is 3.61. The molecule has 7 heteroatoms. The molecule has 126 valence electrons. The number of hydrogen-bond donors (Lipinski definition) is 2. The van der Waals surface area contributed by atoms with Gasteiger partial charge in [0.25, 0.3) is 0 Å². The van der Waals surface area contributed by atoms with Crippen molar-refractivity contribution in [2.45, 2.75) is 18.9 Å². The summed E-state index contributed by atoms with van der Waals surface area (Å²) in [5.41, 5.74) is 2.60. The summed E-state index contributed by atoms with van der Waals surface area (Å²) in [5.74, 6) is -1.83. The van der Waals surface area contributed by atoms with Crippen LogP contribution in [0.5, 0.6) is 0 Å². The fourth-order valence-corrected chi connectivity index (χ4v) is 3.79. The number of nitrogens with one attached hydrogen (secondary N) is 2. The van der Waals surface area contributed by atoms with Gasteiger partial charge >= 0.3 is 0 Å². The van der Waals surface area contributed by atoms with E-state index in [0.717, 1.165) is 15.1 Å². The summed E-state index contributed by atoms with van der Waals surface area (Å²) >= 11 is 3.40. The van der Waals surface area contributed by atoms with Crippen LogP contribution in [0.15, 0.2) is 46.9 Å². The summed E-state index contributed by atoms with van der Waals surface area (Å²) in [7, 11) is 0. The van der Waals surface area contributed by atoms with E-state index in [0.29, 0.717) is 16.9 Å². The number of carbonyl (C=O) groups is 3. The summed E-state index contributed by atoms with van der Waals surface area (Å²) in [6.07, 6.45) is 0. The van der Waals surface area contributed by atoms with Gasteiger partial charge in [0.2, 0.25) is 17.7 Å². The van der Waals surface area contributed by atoms with Crippen LogP contribution in [-0.2, 0) is 14.4 Å². The molecule has 0 saturated heterocycles. The second kappa shape index (κ2) is 5.70. The molecule has 3 amide bonds. The van der Waals surface area contributed by atoms with Gasteiger partial charge in [-0.1, -0.05) is 28.1 Å². The van der Waals surface area contributed by atoms with Gasteiger partial charge in [0.1, 0.15) is 6.04 Å². The predicted octanol–water partition coefficient (Wildman–Crippen LogP) is 2.86. The van der Waals surface area contributed by atoms with Crippen molar-refractivity contribution >= 4 is 50.7 Å². The molecule has 2 aromatic rings. The van der Waals surface area contributed by atoms with Crippen LogP contribution >= 0.6 is 15.9 Å². The molecular weight excluding hydrogens is 386 g/mol. The van der Waals surface area contributed by atoms with Gasteiger partial charge in [-0.05, 0) is 35.9 Å². The van der Waals surface area contributed by atoms with Gasteiger partial charge in [-0.25, -0.2) is 4.90 Å². The zero-order valence-electron chi connectivity index (χ0n) is 13.2. The minimum absolute atomic E-state index is 0.298. The molecule has 2 heterocycles. The minimum atomic E-state index is -0.792. The number of hydrogen-bond acceptors (Lipinski definition) is 4. The van der Waals surface area contributed by atoms with Crippen molar-refractivity contribution in [2.75, 3.05) is 15.5 Å². The molecule has 2 aliphatic rings. The average Bonchev–Trinajstić information content (AvgIpc) is 2.85. The van der Waals surface area contributed by atoms with E-state index in [4.69, 9.17) is 0 Å². The first-order valence-corrected chi connectivity index (χ1v) is 8.57. The maximum atomic E-state index is 12.9. The molecule has 0 saturated carbocycles. The lowest BCUT2D eigenvalue weighted by atomic mass is 9.90. The number of fused-ring (bicyclic) bond motifs is 2. The molecule has 2 unspecified atom stereocenters. The smallest absolute Gasteiger partial charge is 0.248 e. The molecule has 6 nitrogen and oxygen atoms in total. The first kappa shape index (κ1) is 15.8. The van der Waals surface area contributed by atoms with Crippen molar-refractivity contribution in [1.29, 1.82) is 0 Å². The van der Waals surface area contributed by atoms with E-state index in [1.807, 2.05) is 18.2 Å². The summed E-state index contributed by atoms with van der Waals surface area (Å²) in [5, 5.41) is 5.98. The Bertz CT molecular complexity index is 928. The Morgan fingerprint density at radius 2 is 1.84 bits per heavy atom. The first-order valence-electron chi connectivity index (χ1n) is 7.78. The second-order valence-electron chi connectivity index (χ2n) is 6.03. The van der Waals surface area contributed by atoms with Crippen molar-refractivity contribution in [1.82, 2.24) is 0 Å². The lowest BCUT2D eigenvalue weighted by Crippen LogP contribution is -2.47. The Hall–Kier alpha value is -2.67. The quantitative estimate of drug-likeness (QED) is 0.772. The maximum absolute atomic E-state index is 12.9. The number of rotatable bonds is 1. The molecular formula is C18H14BrN3O3. The molecule has 0 aromatic heterocycles. The summed E-state index contributed by atoms with van der Waals surface area (Å²) < 4.78 is 0.783. The van der Waals surface area contributed by atoms with Gasteiger partial charge in [0, 0.05) is 11.4 Å². The fourth-order valence-electron chi connectivity index (χ4n) is 3.41. The second-order valence-corrected chi connectivity index (χ2v) is 6.95. The fraction of sp³-hybridized carbons (Fsp3) is 0.167. The maximum Gasteiger partial charge on any atom is 0.248 e. The molecule has 25 heavy (non-hydrogen) atoms. The van der Waals surface area contributed by atoms with E-state index < -0.39 is 17.9 Å². The average molecular weight is 400 g/mol. The molecule has 0 spiro atoms. The highest BCUT2D eigenvalue weighted by Crippen LogP contribution is 2.43. The van der Waals surface area contributed by atoms with Crippen LogP contribution in [0.2, 0.25) is 0 Å². The van der Waals surface area contributed by atoms with Crippen molar-refractivity contribution in [3.05, 3.63) is 52.5 Å². The Labute approximate surface area is 152 Å². The van der Waals surface area contributed by atoms with Gasteiger partial charge in [0.05, 0.1) is 23.0 Å². The highest BCUT2D eigenvalue weighted by molar-refractivity contribution is 9.10. The first-order chi connectivity index (χ1) is 12.0. The van der Waals surface area contributed by atoms with E-state index >= 15 is 0 Å². The Balaban J connectivity index is 1.81. The van der Waals surface area contributed by atoms with E-state index in [1.54, 1.807) is 24.3 Å². The van der Waals surface area contributed by atoms with Crippen molar-refractivity contribution in [3.8, 4) is 0 Å². The van der Waals surface area contributed by atoms with Crippen LogP contribution in [0.1, 0.15) is 18.4 Å². The van der Waals surface area contributed by atoms with Gasteiger partial charge in [-0.2, -0.15) is 0 Å².